The van der Waals surface area contributed by atoms with Gasteiger partial charge in [0.15, 0.2) is 0 Å². The van der Waals surface area contributed by atoms with E-state index in [9.17, 15) is 8.78 Å². The molecule has 0 bridgehead atoms. The fraction of sp³-hybridized carbons (Fsp3) is 0.250. The number of hydrogen-bond acceptors (Lipinski definition) is 1. The average molecular weight is 155 g/mol. The van der Waals surface area contributed by atoms with E-state index in [1.807, 2.05) is 0 Å². The smallest absolute Gasteiger partial charge is 0.134 e. The number of rotatable bonds is 1. The van der Waals surface area contributed by atoms with Gasteiger partial charge in [-0.2, -0.15) is 0 Å². The number of fused-ring (bicyclic) bond motifs is 1. The number of aryl methyl sites for hydroxylation is 1. The number of benzene rings is 1. The van der Waals surface area contributed by atoms with Gasteiger partial charge in [-0.25, -0.2) is 8.78 Å². The van der Waals surface area contributed by atoms with E-state index in [4.69, 9.17) is 0 Å². The van der Waals surface area contributed by atoms with E-state index in [0.717, 1.165) is 5.69 Å². The minimum atomic E-state index is -0.733. The van der Waals surface area contributed by atoms with Gasteiger partial charge in [-0.1, -0.05) is 0 Å². The Morgan fingerprint density at radius 1 is 1.55 bits per heavy atom. The molecule has 0 spiro atoms. The molecular formula is C8H7F2N. The molecule has 0 unspecified atom stereocenters. The molecule has 0 radical (unpaired) electrons. The highest BCUT2D eigenvalue weighted by molar-refractivity contribution is 5.93. The highest BCUT2D eigenvalue weighted by atomic mass is 19.1. The Labute approximate surface area is 63.0 Å². The summed E-state index contributed by atoms with van der Waals surface area (Å²) in [5, 5.41) is 2.81. The van der Waals surface area contributed by atoms with Gasteiger partial charge in [0.25, 0.3) is 0 Å². The molecule has 2 rings (SSSR count). The molecule has 0 fully saturated rings. The lowest BCUT2D eigenvalue weighted by Crippen LogP contribution is -1.86. The Bertz CT molecular complexity index is 320. The summed E-state index contributed by atoms with van der Waals surface area (Å²) >= 11 is 0. The van der Waals surface area contributed by atoms with Gasteiger partial charge in [0.1, 0.15) is 12.5 Å². The molecule has 1 aromatic carbocycles. The number of nitrogens with one attached hydrogen (secondary N) is 1. The van der Waals surface area contributed by atoms with Crippen molar-refractivity contribution >= 4 is 11.4 Å². The van der Waals surface area contributed by atoms with Crippen molar-refractivity contribution in [2.75, 3.05) is 5.32 Å². The minimum Gasteiger partial charge on any atom is -0.352 e. The first-order valence-electron chi connectivity index (χ1n) is 3.39. The number of halogens is 2. The Morgan fingerprint density at radius 2 is 2.27 bits per heavy atom. The number of anilines is 2. The number of hydrogen-bond donors (Lipinski definition) is 1. The Hall–Kier alpha value is -1.12. The third kappa shape index (κ3) is 0.803. The maximum absolute atomic E-state index is 13.0. The summed E-state index contributed by atoms with van der Waals surface area (Å²) in [6.45, 7) is 0.900. The zero-order chi connectivity index (χ0) is 8.01. The summed E-state index contributed by atoms with van der Waals surface area (Å²) in [6.07, 6.45) is 0. The van der Waals surface area contributed by atoms with Crippen LogP contribution in [0, 0.1) is 12.7 Å². The van der Waals surface area contributed by atoms with Crippen LogP contribution >= 0.6 is 0 Å². The predicted octanol–water partition coefficient (Wildman–Crippen LogP) is 2.66. The monoisotopic (exact) mass is 155 g/mol. The van der Waals surface area contributed by atoms with Gasteiger partial charge < -0.3 is 5.32 Å². The van der Waals surface area contributed by atoms with Gasteiger partial charge in [-0.15, -0.1) is 0 Å². The van der Waals surface area contributed by atoms with Crippen LogP contribution in [-0.2, 0) is 6.67 Å². The van der Waals surface area contributed by atoms with Crippen LogP contribution < -0.4 is 5.32 Å². The van der Waals surface area contributed by atoms with E-state index in [2.05, 4.69) is 5.32 Å². The van der Waals surface area contributed by atoms with Gasteiger partial charge >= 0.3 is 0 Å². The lowest BCUT2D eigenvalue weighted by atomic mass is 10.1. The molecule has 0 amide bonds. The summed E-state index contributed by atoms with van der Waals surface area (Å²) < 4.78 is 25.2. The maximum Gasteiger partial charge on any atom is 0.134 e. The first-order valence-corrected chi connectivity index (χ1v) is 3.39. The molecule has 3 heteroatoms. The standard InChI is InChI=1S/C8H7F2N/c1-4-2-6-8(11-6)5(3-9)7(4)10/h2,11H,3H2,1H3. The van der Waals surface area contributed by atoms with Crippen LogP contribution in [-0.4, -0.2) is 0 Å². The molecule has 1 nitrogen and oxygen atoms in total. The van der Waals surface area contributed by atoms with Gasteiger partial charge in [-0.3, -0.25) is 0 Å². The van der Waals surface area contributed by atoms with Crippen molar-refractivity contribution in [1.82, 2.24) is 0 Å². The molecular weight excluding hydrogens is 148 g/mol. The van der Waals surface area contributed by atoms with Crippen molar-refractivity contribution in [3.63, 3.8) is 0 Å². The van der Waals surface area contributed by atoms with Gasteiger partial charge in [0.05, 0.1) is 11.4 Å². The summed E-state index contributed by atoms with van der Waals surface area (Å²) in [5.74, 6) is -0.420. The van der Waals surface area contributed by atoms with Gasteiger partial charge in [0.2, 0.25) is 0 Å². The van der Waals surface area contributed by atoms with Crippen LogP contribution in [0.5, 0.6) is 0 Å². The molecule has 1 aliphatic rings. The fourth-order valence-electron chi connectivity index (χ4n) is 1.20. The van der Waals surface area contributed by atoms with Crippen LogP contribution in [0.15, 0.2) is 6.07 Å². The van der Waals surface area contributed by atoms with Crippen molar-refractivity contribution in [2.45, 2.75) is 13.6 Å². The van der Waals surface area contributed by atoms with E-state index in [1.54, 1.807) is 13.0 Å². The molecule has 0 atom stereocenters. The summed E-state index contributed by atoms with van der Waals surface area (Å²) in [5.41, 5.74) is 2.16. The highest BCUT2D eigenvalue weighted by Gasteiger charge is 2.24. The molecule has 1 N–H and O–H groups in total. The average Bonchev–Trinajstić information content (AvgIpc) is 2.69. The van der Waals surface area contributed by atoms with Crippen LogP contribution in [0.4, 0.5) is 20.2 Å². The second-order valence-electron chi connectivity index (χ2n) is 2.67. The molecule has 1 aromatic rings. The molecule has 1 aliphatic heterocycles. The zero-order valence-electron chi connectivity index (χ0n) is 6.04. The van der Waals surface area contributed by atoms with Gasteiger partial charge in [-0.05, 0) is 18.6 Å². The fourth-order valence-corrected chi connectivity index (χ4v) is 1.20. The highest BCUT2D eigenvalue weighted by Crippen LogP contribution is 2.44. The quantitative estimate of drug-likeness (QED) is 0.628. The molecule has 0 aromatic heterocycles. The van der Waals surface area contributed by atoms with E-state index in [0.29, 0.717) is 11.3 Å². The predicted molar refractivity (Wildman–Crippen MR) is 39.2 cm³/mol. The number of alkyl halides is 1. The Kier molecular flexibility index (Phi) is 1.16. The topological polar surface area (TPSA) is 21.9 Å². The summed E-state index contributed by atoms with van der Waals surface area (Å²) in [6, 6.07) is 1.68. The van der Waals surface area contributed by atoms with Crippen molar-refractivity contribution in [3.05, 3.63) is 23.0 Å². The Balaban J connectivity index is 2.63. The lowest BCUT2D eigenvalue weighted by Gasteiger charge is -1.96. The first kappa shape index (κ1) is 6.58. The van der Waals surface area contributed by atoms with Crippen LogP contribution in [0.25, 0.3) is 0 Å². The van der Waals surface area contributed by atoms with E-state index >= 15 is 0 Å². The van der Waals surface area contributed by atoms with Crippen LogP contribution in [0.2, 0.25) is 0 Å². The second-order valence-corrected chi connectivity index (χ2v) is 2.67. The molecule has 0 aliphatic carbocycles. The van der Waals surface area contributed by atoms with Crippen LogP contribution in [0.1, 0.15) is 11.1 Å². The third-order valence-corrected chi connectivity index (χ3v) is 1.87. The van der Waals surface area contributed by atoms with Crippen molar-refractivity contribution in [3.8, 4) is 0 Å². The molecule has 0 saturated carbocycles. The molecule has 1 heterocycles. The van der Waals surface area contributed by atoms with Crippen molar-refractivity contribution in [1.29, 1.82) is 0 Å². The summed E-state index contributed by atoms with van der Waals surface area (Å²) in [4.78, 5) is 0. The van der Waals surface area contributed by atoms with Gasteiger partial charge in [0, 0.05) is 5.56 Å². The van der Waals surface area contributed by atoms with E-state index in [1.165, 1.54) is 0 Å². The SMILES string of the molecule is Cc1cc2c(c(CF)c1F)N2. The van der Waals surface area contributed by atoms with Crippen molar-refractivity contribution < 1.29 is 8.78 Å². The third-order valence-electron chi connectivity index (χ3n) is 1.87. The largest absolute Gasteiger partial charge is 0.352 e. The maximum atomic E-state index is 13.0. The normalized spacial score (nSPS) is 12.3. The second kappa shape index (κ2) is 1.94. The minimum absolute atomic E-state index is 0.167. The van der Waals surface area contributed by atoms with Crippen LogP contribution in [0.3, 0.4) is 0 Å². The lowest BCUT2D eigenvalue weighted by molar-refractivity contribution is 0.465. The van der Waals surface area contributed by atoms with E-state index in [-0.39, 0.29) is 5.56 Å². The zero-order valence-corrected chi connectivity index (χ0v) is 6.04. The Morgan fingerprint density at radius 3 is 2.91 bits per heavy atom. The first-order chi connectivity index (χ1) is 5.24. The van der Waals surface area contributed by atoms with E-state index < -0.39 is 12.5 Å². The molecule has 0 saturated heterocycles. The molecule has 11 heavy (non-hydrogen) atoms. The summed E-state index contributed by atoms with van der Waals surface area (Å²) in [7, 11) is 0. The van der Waals surface area contributed by atoms with Crippen molar-refractivity contribution in [2.24, 2.45) is 0 Å². The molecule has 58 valence electrons.